The van der Waals surface area contributed by atoms with E-state index in [0.29, 0.717) is 23.5 Å². The number of rotatable bonds is 6. The summed E-state index contributed by atoms with van der Waals surface area (Å²) in [4.78, 5) is 21.6. The van der Waals surface area contributed by atoms with Crippen molar-refractivity contribution in [3.8, 4) is 22.4 Å². The van der Waals surface area contributed by atoms with Crippen LogP contribution in [0, 0.1) is 0 Å². The van der Waals surface area contributed by atoms with Gasteiger partial charge in [0.05, 0.1) is 35.7 Å². The molecule has 1 N–H and O–H groups in total. The SMILES string of the molecule is O=c1c(-c2ccc3ncccc3c2)c(COCc2ccccc2)[nH]c2cc(-c3ccccc3)nn12. The topological polar surface area (TPSA) is 72.3 Å². The zero-order valence-corrected chi connectivity index (χ0v) is 18.9. The lowest BCUT2D eigenvalue weighted by molar-refractivity contribution is 0.105. The first-order valence-corrected chi connectivity index (χ1v) is 11.4. The quantitative estimate of drug-likeness (QED) is 0.352. The Labute approximate surface area is 201 Å². The van der Waals surface area contributed by atoms with E-state index in [4.69, 9.17) is 4.74 Å². The van der Waals surface area contributed by atoms with Crippen molar-refractivity contribution in [2.45, 2.75) is 13.2 Å². The fourth-order valence-electron chi connectivity index (χ4n) is 4.31. The van der Waals surface area contributed by atoms with Gasteiger partial charge in [-0.2, -0.15) is 9.61 Å². The van der Waals surface area contributed by atoms with Crippen LogP contribution in [0.1, 0.15) is 11.3 Å². The second-order valence-electron chi connectivity index (χ2n) is 8.37. The number of aromatic amines is 1. The van der Waals surface area contributed by atoms with Gasteiger partial charge in [0.2, 0.25) is 0 Å². The van der Waals surface area contributed by atoms with Gasteiger partial charge in [-0.1, -0.05) is 72.8 Å². The van der Waals surface area contributed by atoms with Crippen LogP contribution in [0.15, 0.2) is 108 Å². The normalized spacial score (nSPS) is 11.3. The van der Waals surface area contributed by atoms with Crippen LogP contribution < -0.4 is 5.56 Å². The molecule has 0 amide bonds. The summed E-state index contributed by atoms with van der Waals surface area (Å²) < 4.78 is 7.47. The number of aromatic nitrogens is 4. The summed E-state index contributed by atoms with van der Waals surface area (Å²) in [7, 11) is 0. The maximum Gasteiger partial charge on any atom is 0.282 e. The molecule has 0 unspecified atom stereocenters. The molecule has 0 aliphatic rings. The van der Waals surface area contributed by atoms with E-state index >= 15 is 0 Å². The average molecular weight is 459 g/mol. The first-order valence-electron chi connectivity index (χ1n) is 11.4. The molecule has 3 heterocycles. The number of pyridine rings is 1. The summed E-state index contributed by atoms with van der Waals surface area (Å²) >= 11 is 0. The number of H-pyrrole nitrogens is 1. The second kappa shape index (κ2) is 9.00. The molecule has 0 aliphatic carbocycles. The molecular weight excluding hydrogens is 436 g/mol. The van der Waals surface area contributed by atoms with Crippen molar-refractivity contribution in [1.29, 1.82) is 0 Å². The molecule has 170 valence electrons. The van der Waals surface area contributed by atoms with Gasteiger partial charge in [0, 0.05) is 23.2 Å². The van der Waals surface area contributed by atoms with E-state index in [2.05, 4.69) is 15.1 Å². The van der Waals surface area contributed by atoms with Gasteiger partial charge in [-0.25, -0.2) is 0 Å². The monoisotopic (exact) mass is 458 g/mol. The van der Waals surface area contributed by atoms with E-state index < -0.39 is 0 Å². The second-order valence-corrected chi connectivity index (χ2v) is 8.37. The van der Waals surface area contributed by atoms with Crippen molar-refractivity contribution < 1.29 is 4.74 Å². The molecule has 0 saturated heterocycles. The Morgan fingerprint density at radius 1 is 0.800 bits per heavy atom. The summed E-state index contributed by atoms with van der Waals surface area (Å²) in [5.74, 6) is 0. The van der Waals surface area contributed by atoms with E-state index in [1.807, 2.05) is 97.1 Å². The van der Waals surface area contributed by atoms with Gasteiger partial charge in [0.1, 0.15) is 5.65 Å². The highest BCUT2D eigenvalue weighted by Crippen LogP contribution is 2.26. The van der Waals surface area contributed by atoms with E-state index in [-0.39, 0.29) is 12.2 Å². The number of fused-ring (bicyclic) bond motifs is 2. The van der Waals surface area contributed by atoms with Crippen molar-refractivity contribution in [2.75, 3.05) is 0 Å². The van der Waals surface area contributed by atoms with Crippen molar-refractivity contribution in [3.05, 3.63) is 125 Å². The highest BCUT2D eigenvalue weighted by Gasteiger charge is 2.17. The number of hydrogen-bond donors (Lipinski definition) is 1. The molecule has 6 nitrogen and oxygen atoms in total. The summed E-state index contributed by atoms with van der Waals surface area (Å²) in [5.41, 5.74) is 6.11. The van der Waals surface area contributed by atoms with Gasteiger partial charge < -0.3 is 9.72 Å². The molecule has 0 aliphatic heterocycles. The van der Waals surface area contributed by atoms with Crippen LogP contribution in [-0.4, -0.2) is 19.6 Å². The average Bonchev–Trinajstić information content (AvgIpc) is 3.34. The molecule has 3 aromatic heterocycles. The summed E-state index contributed by atoms with van der Waals surface area (Å²) in [6.45, 7) is 0.705. The van der Waals surface area contributed by atoms with Crippen LogP contribution in [0.5, 0.6) is 0 Å². The number of ether oxygens (including phenoxy) is 1. The molecule has 0 saturated carbocycles. The van der Waals surface area contributed by atoms with Gasteiger partial charge in [0.25, 0.3) is 5.56 Å². The van der Waals surface area contributed by atoms with Crippen LogP contribution in [0.4, 0.5) is 0 Å². The van der Waals surface area contributed by atoms with Crippen LogP contribution in [0.25, 0.3) is 38.9 Å². The minimum Gasteiger partial charge on any atom is -0.371 e. The maximum absolute atomic E-state index is 13.8. The Morgan fingerprint density at radius 3 is 2.43 bits per heavy atom. The van der Waals surface area contributed by atoms with Crippen LogP contribution >= 0.6 is 0 Å². The van der Waals surface area contributed by atoms with Gasteiger partial charge in [-0.3, -0.25) is 9.78 Å². The summed E-state index contributed by atoms with van der Waals surface area (Å²) in [5, 5.41) is 5.58. The predicted octanol–water partition coefficient (Wildman–Crippen LogP) is 5.62. The van der Waals surface area contributed by atoms with Crippen molar-refractivity contribution in [1.82, 2.24) is 19.6 Å². The van der Waals surface area contributed by atoms with Crippen molar-refractivity contribution in [2.24, 2.45) is 0 Å². The van der Waals surface area contributed by atoms with Crippen LogP contribution in [0.3, 0.4) is 0 Å². The first-order chi connectivity index (χ1) is 17.3. The third-order valence-corrected chi connectivity index (χ3v) is 6.02. The van der Waals surface area contributed by atoms with Crippen LogP contribution in [0.2, 0.25) is 0 Å². The molecule has 0 fully saturated rings. The Hall–Kier alpha value is -4.55. The molecule has 0 atom stereocenters. The molecule has 6 heteroatoms. The summed E-state index contributed by atoms with van der Waals surface area (Å²) in [6.07, 6.45) is 1.76. The number of nitrogens with one attached hydrogen (secondary N) is 1. The minimum atomic E-state index is -0.192. The Morgan fingerprint density at radius 2 is 1.60 bits per heavy atom. The maximum atomic E-state index is 13.8. The fourth-order valence-corrected chi connectivity index (χ4v) is 4.31. The predicted molar refractivity (Wildman–Crippen MR) is 137 cm³/mol. The lowest BCUT2D eigenvalue weighted by atomic mass is 10.0. The molecule has 35 heavy (non-hydrogen) atoms. The van der Waals surface area contributed by atoms with Gasteiger partial charge in [-0.05, 0) is 29.3 Å². The highest BCUT2D eigenvalue weighted by atomic mass is 16.5. The van der Waals surface area contributed by atoms with E-state index in [1.165, 1.54) is 4.52 Å². The third kappa shape index (κ3) is 4.11. The third-order valence-electron chi connectivity index (χ3n) is 6.02. The van der Waals surface area contributed by atoms with Crippen molar-refractivity contribution >= 4 is 16.6 Å². The Kier molecular flexibility index (Phi) is 5.41. The Bertz CT molecular complexity index is 1690. The molecule has 6 rings (SSSR count). The lowest BCUT2D eigenvalue weighted by Gasteiger charge is -2.12. The number of hydrogen-bond acceptors (Lipinski definition) is 4. The van der Waals surface area contributed by atoms with Gasteiger partial charge in [-0.15, -0.1) is 0 Å². The zero-order valence-electron chi connectivity index (χ0n) is 18.9. The van der Waals surface area contributed by atoms with E-state index in [1.54, 1.807) is 6.20 Å². The fraction of sp³-hybridized carbons (Fsp3) is 0.0690. The van der Waals surface area contributed by atoms with Gasteiger partial charge >= 0.3 is 0 Å². The number of benzene rings is 3. The van der Waals surface area contributed by atoms with E-state index in [9.17, 15) is 4.79 Å². The highest BCUT2D eigenvalue weighted by molar-refractivity contribution is 5.84. The largest absolute Gasteiger partial charge is 0.371 e. The molecule has 3 aromatic carbocycles. The molecular formula is C29H22N4O2. The lowest BCUT2D eigenvalue weighted by Crippen LogP contribution is -2.20. The first kappa shape index (κ1) is 21.0. The summed E-state index contributed by atoms with van der Waals surface area (Å²) in [6, 6.07) is 31.4. The van der Waals surface area contributed by atoms with Crippen molar-refractivity contribution in [3.63, 3.8) is 0 Å². The number of nitrogens with zero attached hydrogens (tertiary/aromatic N) is 3. The standard InChI is InChI=1S/C29H22N4O2/c34-29-28(23-13-14-24-22(16-23)12-7-15-30-24)26(19-35-18-20-8-3-1-4-9-20)31-27-17-25(32-33(27)29)21-10-5-2-6-11-21/h1-17,31H,18-19H2. The molecule has 6 aromatic rings. The van der Waals surface area contributed by atoms with E-state index in [0.717, 1.165) is 33.3 Å². The molecule has 0 spiro atoms. The molecule has 0 radical (unpaired) electrons. The zero-order chi connectivity index (χ0) is 23.6. The molecule has 0 bridgehead atoms. The smallest absolute Gasteiger partial charge is 0.282 e. The Balaban J connectivity index is 1.47. The van der Waals surface area contributed by atoms with Crippen LogP contribution in [-0.2, 0) is 18.0 Å². The minimum absolute atomic E-state index is 0.192. The van der Waals surface area contributed by atoms with Gasteiger partial charge in [0.15, 0.2) is 0 Å².